The smallest absolute Gasteiger partial charge is 0.292 e. The molecule has 0 radical (unpaired) electrons. The van der Waals surface area contributed by atoms with Gasteiger partial charge in [-0.05, 0) is 45.6 Å². The summed E-state index contributed by atoms with van der Waals surface area (Å²) >= 11 is 0. The molecule has 2 fully saturated rings. The highest BCUT2D eigenvalue weighted by molar-refractivity contribution is 5.86. The highest BCUT2D eigenvalue weighted by Crippen LogP contribution is 2.65. The zero-order chi connectivity index (χ0) is 21.9. The standard InChI is InChI=1S/C25H32O5/c1-6-7-8-9-16-14-18(26)17-15-19-23(4)11-10-20(27)22(2,3)25(23,28)13-12-24(19,5)30-21(17)29-16/h6-9,14,19,28H,10-13,15H2,1-5H3/t19-,23-,24-,25-/m1/s1. The number of hydrogen-bond acceptors (Lipinski definition) is 5. The number of fused-ring (bicyclic) bond motifs is 4. The van der Waals surface area contributed by atoms with E-state index in [-0.39, 0.29) is 17.1 Å². The number of Topliss-reactive ketones (excluding diaryl/α,β-unsaturated/α-hetero) is 1. The molecule has 0 bridgehead atoms. The van der Waals surface area contributed by atoms with Crippen molar-refractivity contribution in [3.8, 4) is 5.95 Å². The van der Waals surface area contributed by atoms with Gasteiger partial charge in [-0.15, -0.1) is 0 Å². The maximum Gasteiger partial charge on any atom is 0.292 e. The van der Waals surface area contributed by atoms with E-state index in [0.717, 1.165) is 0 Å². The highest BCUT2D eigenvalue weighted by atomic mass is 16.6. The van der Waals surface area contributed by atoms with E-state index < -0.39 is 22.0 Å². The summed E-state index contributed by atoms with van der Waals surface area (Å²) in [6.45, 7) is 9.78. The number of aliphatic hydroxyl groups is 1. The van der Waals surface area contributed by atoms with Crippen molar-refractivity contribution in [1.82, 2.24) is 0 Å². The minimum absolute atomic E-state index is 0.0871. The summed E-state index contributed by atoms with van der Waals surface area (Å²) in [7, 11) is 0. The molecule has 30 heavy (non-hydrogen) atoms. The molecule has 1 N–H and O–H groups in total. The normalized spacial score (nSPS) is 37.5. The van der Waals surface area contributed by atoms with Gasteiger partial charge in [0.1, 0.15) is 17.1 Å². The summed E-state index contributed by atoms with van der Waals surface area (Å²) < 4.78 is 12.3. The monoisotopic (exact) mass is 412 g/mol. The summed E-state index contributed by atoms with van der Waals surface area (Å²) in [6, 6.07) is 1.50. The molecule has 0 saturated heterocycles. The number of ketones is 1. The minimum atomic E-state index is -1.13. The molecule has 4 rings (SSSR count). The molecule has 3 aliphatic rings. The fourth-order valence-corrected chi connectivity index (χ4v) is 6.28. The molecule has 1 aromatic rings. The highest BCUT2D eigenvalue weighted by Gasteiger charge is 2.70. The Morgan fingerprint density at radius 3 is 2.53 bits per heavy atom. The van der Waals surface area contributed by atoms with Gasteiger partial charge in [-0.25, -0.2) is 0 Å². The summed E-state index contributed by atoms with van der Waals surface area (Å²) in [5.74, 6) is 0.777. The van der Waals surface area contributed by atoms with Crippen molar-refractivity contribution in [3.63, 3.8) is 0 Å². The third-order valence-corrected chi connectivity index (χ3v) is 8.36. The lowest BCUT2D eigenvalue weighted by atomic mass is 9.42. The van der Waals surface area contributed by atoms with Crippen LogP contribution in [-0.4, -0.2) is 22.1 Å². The van der Waals surface area contributed by atoms with E-state index in [9.17, 15) is 14.7 Å². The predicted octanol–water partition coefficient (Wildman–Crippen LogP) is 4.46. The van der Waals surface area contributed by atoms with Crippen molar-refractivity contribution in [2.45, 2.75) is 77.9 Å². The Balaban J connectivity index is 1.78. The molecule has 4 atom stereocenters. The van der Waals surface area contributed by atoms with Gasteiger partial charge < -0.3 is 14.3 Å². The number of hydrogen-bond donors (Lipinski definition) is 1. The second-order valence-corrected chi connectivity index (χ2v) is 10.2. The average molecular weight is 413 g/mol. The topological polar surface area (TPSA) is 76.7 Å². The quantitative estimate of drug-likeness (QED) is 0.726. The van der Waals surface area contributed by atoms with Crippen LogP contribution in [0.3, 0.4) is 0 Å². The largest absolute Gasteiger partial charge is 0.458 e. The molecule has 0 unspecified atom stereocenters. The fraction of sp³-hybridized carbons (Fsp3) is 0.600. The van der Waals surface area contributed by atoms with Crippen LogP contribution >= 0.6 is 0 Å². The molecule has 1 aromatic heterocycles. The Hall–Kier alpha value is -2.14. The summed E-state index contributed by atoms with van der Waals surface area (Å²) in [5, 5.41) is 11.9. The molecule has 162 valence electrons. The van der Waals surface area contributed by atoms with Crippen LogP contribution < -0.4 is 10.2 Å². The van der Waals surface area contributed by atoms with Crippen molar-refractivity contribution in [1.29, 1.82) is 0 Å². The third kappa shape index (κ3) is 2.71. The number of ether oxygens (including phenoxy) is 1. The van der Waals surface area contributed by atoms with Gasteiger partial charge in [-0.3, -0.25) is 9.59 Å². The van der Waals surface area contributed by atoms with E-state index in [1.807, 2.05) is 39.0 Å². The van der Waals surface area contributed by atoms with Crippen molar-refractivity contribution in [2.24, 2.45) is 16.7 Å². The Morgan fingerprint density at radius 2 is 1.83 bits per heavy atom. The summed E-state index contributed by atoms with van der Waals surface area (Å²) in [4.78, 5) is 25.6. The SMILES string of the molecule is CC=CC=Cc1cc(=O)c2c(o1)O[C@]1(C)CC[C@@]3(O)C(C)(C)C(=O)CC[C@]3(C)[C@H]1C2. The Bertz CT molecular complexity index is 999. The van der Waals surface area contributed by atoms with Gasteiger partial charge in [0, 0.05) is 23.8 Å². The molecule has 0 spiro atoms. The van der Waals surface area contributed by atoms with Crippen LogP contribution in [0.25, 0.3) is 6.08 Å². The van der Waals surface area contributed by atoms with Crippen molar-refractivity contribution in [3.05, 3.63) is 45.8 Å². The number of carbonyl (C=O) groups is 1. The second-order valence-electron chi connectivity index (χ2n) is 10.2. The molecule has 5 nitrogen and oxygen atoms in total. The van der Waals surface area contributed by atoms with Crippen molar-refractivity contribution in [2.75, 3.05) is 0 Å². The van der Waals surface area contributed by atoms with Gasteiger partial charge in [0.25, 0.3) is 5.95 Å². The first kappa shape index (κ1) is 21.1. The van der Waals surface area contributed by atoms with Gasteiger partial charge in [-0.1, -0.05) is 39.0 Å². The predicted molar refractivity (Wildman–Crippen MR) is 115 cm³/mol. The van der Waals surface area contributed by atoms with Crippen molar-refractivity contribution >= 4 is 11.9 Å². The first-order valence-corrected chi connectivity index (χ1v) is 10.9. The van der Waals surface area contributed by atoms with E-state index in [1.165, 1.54) is 6.07 Å². The Morgan fingerprint density at radius 1 is 1.10 bits per heavy atom. The molecule has 0 amide bonds. The van der Waals surface area contributed by atoms with Gasteiger partial charge in [-0.2, -0.15) is 0 Å². The summed E-state index contributed by atoms with van der Waals surface area (Å²) in [5.41, 5.74) is -2.63. The molecule has 2 saturated carbocycles. The molecule has 5 heteroatoms. The van der Waals surface area contributed by atoms with E-state index in [4.69, 9.17) is 9.15 Å². The van der Waals surface area contributed by atoms with Crippen molar-refractivity contribution < 1.29 is 19.1 Å². The Kier molecular flexibility index (Phi) is 4.70. The molecule has 1 aliphatic heterocycles. The van der Waals surface area contributed by atoms with Gasteiger partial charge in [0.05, 0.1) is 16.6 Å². The fourth-order valence-electron chi connectivity index (χ4n) is 6.28. The molecule has 2 heterocycles. The van der Waals surface area contributed by atoms with Crippen LogP contribution in [0.15, 0.2) is 33.5 Å². The van der Waals surface area contributed by atoms with Crippen LogP contribution in [0.4, 0.5) is 0 Å². The van der Waals surface area contributed by atoms with Crippen LogP contribution in [0.2, 0.25) is 0 Å². The number of rotatable bonds is 2. The lowest BCUT2D eigenvalue weighted by Gasteiger charge is -2.66. The zero-order valence-corrected chi connectivity index (χ0v) is 18.6. The van der Waals surface area contributed by atoms with Crippen LogP contribution in [-0.2, 0) is 11.2 Å². The summed E-state index contributed by atoms with van der Waals surface area (Å²) in [6.07, 6.45) is 9.93. The maximum absolute atomic E-state index is 12.9. The van der Waals surface area contributed by atoms with E-state index >= 15 is 0 Å². The van der Waals surface area contributed by atoms with Crippen LogP contribution in [0, 0.1) is 16.7 Å². The first-order valence-electron chi connectivity index (χ1n) is 10.9. The van der Waals surface area contributed by atoms with Crippen LogP contribution in [0.1, 0.15) is 71.6 Å². The van der Waals surface area contributed by atoms with Gasteiger partial charge in [0.15, 0.2) is 5.43 Å². The van der Waals surface area contributed by atoms with E-state index in [1.54, 1.807) is 6.08 Å². The number of carbonyl (C=O) groups excluding carboxylic acids is 1. The lowest BCUT2D eigenvalue weighted by Crippen LogP contribution is -2.72. The van der Waals surface area contributed by atoms with E-state index in [0.29, 0.717) is 49.4 Å². The first-order chi connectivity index (χ1) is 14.0. The van der Waals surface area contributed by atoms with Crippen LogP contribution in [0.5, 0.6) is 5.95 Å². The molecular formula is C25H32O5. The lowest BCUT2D eigenvalue weighted by molar-refractivity contribution is -0.256. The molecular weight excluding hydrogens is 380 g/mol. The maximum atomic E-state index is 12.9. The average Bonchev–Trinajstić information content (AvgIpc) is 2.67. The number of allylic oxidation sites excluding steroid dienone is 3. The molecule has 2 aliphatic carbocycles. The second kappa shape index (κ2) is 6.68. The third-order valence-electron chi connectivity index (χ3n) is 8.36. The van der Waals surface area contributed by atoms with Gasteiger partial charge in [0.2, 0.25) is 0 Å². The van der Waals surface area contributed by atoms with E-state index in [2.05, 4.69) is 13.8 Å². The van der Waals surface area contributed by atoms with Gasteiger partial charge >= 0.3 is 0 Å². The minimum Gasteiger partial charge on any atom is -0.458 e. The Labute approximate surface area is 177 Å². The molecule has 0 aromatic carbocycles. The zero-order valence-electron chi connectivity index (χ0n) is 18.6.